The van der Waals surface area contributed by atoms with Gasteiger partial charge in [-0.05, 0) is 13.0 Å². The van der Waals surface area contributed by atoms with Gasteiger partial charge in [-0.15, -0.1) is 0 Å². The van der Waals surface area contributed by atoms with Gasteiger partial charge in [-0.25, -0.2) is 0 Å². The fourth-order valence-corrected chi connectivity index (χ4v) is 1.45. The first-order valence-electron chi connectivity index (χ1n) is 5.88. The molecule has 0 fully saturated rings. The molecule has 0 saturated heterocycles. The van der Waals surface area contributed by atoms with Crippen LogP contribution in [0.15, 0.2) is 18.5 Å². The number of rotatable bonds is 3. The molecule has 1 atom stereocenters. The van der Waals surface area contributed by atoms with Gasteiger partial charge in [-0.2, -0.15) is 5.26 Å². The summed E-state index contributed by atoms with van der Waals surface area (Å²) in [4.78, 5) is 17.7. The molecule has 1 rings (SSSR count). The Bertz CT molecular complexity index is 551. The molecule has 5 heteroatoms. The number of aromatic nitrogens is 1. The first-order chi connectivity index (χ1) is 9.10. The Morgan fingerprint density at radius 3 is 2.95 bits per heavy atom. The molecule has 0 saturated carbocycles. The third-order valence-corrected chi connectivity index (χ3v) is 2.69. The third kappa shape index (κ3) is 4.09. The van der Waals surface area contributed by atoms with E-state index in [1.807, 2.05) is 13.0 Å². The fourth-order valence-electron chi connectivity index (χ4n) is 1.45. The van der Waals surface area contributed by atoms with Gasteiger partial charge in [-0.3, -0.25) is 9.78 Å². The quantitative estimate of drug-likeness (QED) is 0.809. The zero-order valence-electron chi connectivity index (χ0n) is 11.1. The Morgan fingerprint density at radius 1 is 1.58 bits per heavy atom. The average molecular weight is 256 g/mol. The van der Waals surface area contributed by atoms with Crippen LogP contribution in [-0.2, 0) is 0 Å². The van der Waals surface area contributed by atoms with Crippen LogP contribution in [0.5, 0.6) is 0 Å². The number of nitrogens with zero attached hydrogens (tertiary/aromatic N) is 3. The van der Waals surface area contributed by atoms with Gasteiger partial charge in [0.05, 0.1) is 24.6 Å². The monoisotopic (exact) mass is 256 g/mol. The van der Waals surface area contributed by atoms with E-state index in [0.717, 1.165) is 0 Å². The Hall–Kier alpha value is -2.37. The highest BCUT2D eigenvalue weighted by Crippen LogP contribution is 2.09. The molecule has 0 aromatic carbocycles. The molecular weight excluding hydrogens is 240 g/mol. The van der Waals surface area contributed by atoms with Crippen molar-refractivity contribution in [3.8, 4) is 17.9 Å². The van der Waals surface area contributed by atoms with E-state index in [4.69, 9.17) is 11.0 Å². The number of carbonyl (C=O) groups excluding carboxylic acids is 1. The van der Waals surface area contributed by atoms with Crippen LogP contribution in [0.2, 0.25) is 0 Å². The van der Waals surface area contributed by atoms with E-state index in [9.17, 15) is 4.79 Å². The van der Waals surface area contributed by atoms with Crippen LogP contribution < -0.4 is 5.73 Å². The predicted molar refractivity (Wildman–Crippen MR) is 72.0 cm³/mol. The van der Waals surface area contributed by atoms with Crippen molar-refractivity contribution in [2.75, 3.05) is 13.6 Å². The van der Waals surface area contributed by atoms with Crippen molar-refractivity contribution in [1.82, 2.24) is 9.88 Å². The van der Waals surface area contributed by atoms with Crippen molar-refractivity contribution in [3.63, 3.8) is 0 Å². The van der Waals surface area contributed by atoms with E-state index in [-0.39, 0.29) is 18.5 Å². The summed E-state index contributed by atoms with van der Waals surface area (Å²) < 4.78 is 0. The van der Waals surface area contributed by atoms with E-state index < -0.39 is 0 Å². The van der Waals surface area contributed by atoms with Crippen LogP contribution in [0.25, 0.3) is 0 Å². The minimum Gasteiger partial charge on any atom is -0.338 e. The number of nitriles is 1. The SMILES string of the molecule is CC(CC#N)N(C)C(=O)c1cncc(C#CCN)c1. The maximum atomic E-state index is 12.2. The largest absolute Gasteiger partial charge is 0.338 e. The van der Waals surface area contributed by atoms with E-state index >= 15 is 0 Å². The van der Waals surface area contributed by atoms with Gasteiger partial charge in [0.1, 0.15) is 0 Å². The number of hydrogen-bond acceptors (Lipinski definition) is 4. The number of nitrogens with two attached hydrogens (primary N) is 1. The Labute approximate surface area is 113 Å². The first-order valence-corrected chi connectivity index (χ1v) is 5.88. The second-order valence-electron chi connectivity index (χ2n) is 4.10. The van der Waals surface area contributed by atoms with Crippen molar-refractivity contribution >= 4 is 5.91 Å². The van der Waals surface area contributed by atoms with Gasteiger partial charge < -0.3 is 10.6 Å². The molecule has 0 bridgehead atoms. The maximum absolute atomic E-state index is 12.2. The van der Waals surface area contributed by atoms with E-state index in [1.165, 1.54) is 11.1 Å². The highest BCUT2D eigenvalue weighted by atomic mass is 16.2. The molecule has 1 amide bonds. The number of pyridine rings is 1. The van der Waals surface area contributed by atoms with Crippen molar-refractivity contribution in [1.29, 1.82) is 5.26 Å². The van der Waals surface area contributed by atoms with E-state index in [1.54, 1.807) is 19.3 Å². The van der Waals surface area contributed by atoms with Gasteiger partial charge in [0.25, 0.3) is 5.91 Å². The zero-order chi connectivity index (χ0) is 14.3. The molecule has 98 valence electrons. The number of carbonyl (C=O) groups is 1. The molecule has 1 heterocycles. The molecule has 19 heavy (non-hydrogen) atoms. The fraction of sp³-hybridized carbons (Fsp3) is 0.357. The molecule has 1 aromatic heterocycles. The van der Waals surface area contributed by atoms with E-state index in [2.05, 4.69) is 16.8 Å². The zero-order valence-corrected chi connectivity index (χ0v) is 11.1. The van der Waals surface area contributed by atoms with Crippen molar-refractivity contribution in [2.24, 2.45) is 5.73 Å². The summed E-state index contributed by atoms with van der Waals surface area (Å²) in [6.07, 6.45) is 3.37. The van der Waals surface area contributed by atoms with Crippen LogP contribution in [0.4, 0.5) is 0 Å². The summed E-state index contributed by atoms with van der Waals surface area (Å²) >= 11 is 0. The lowest BCUT2D eigenvalue weighted by Crippen LogP contribution is -2.34. The molecule has 1 unspecified atom stereocenters. The van der Waals surface area contributed by atoms with Gasteiger partial charge in [-0.1, -0.05) is 11.8 Å². The van der Waals surface area contributed by atoms with Gasteiger partial charge >= 0.3 is 0 Å². The smallest absolute Gasteiger partial charge is 0.255 e. The molecule has 0 spiro atoms. The highest BCUT2D eigenvalue weighted by molar-refractivity contribution is 5.94. The molecule has 1 aromatic rings. The van der Waals surface area contributed by atoms with Crippen molar-refractivity contribution in [2.45, 2.75) is 19.4 Å². The number of amides is 1. The summed E-state index contributed by atoms with van der Waals surface area (Å²) in [5.74, 6) is 5.37. The summed E-state index contributed by atoms with van der Waals surface area (Å²) in [6.45, 7) is 2.09. The molecule has 2 N–H and O–H groups in total. The summed E-state index contributed by atoms with van der Waals surface area (Å²) in [6, 6.07) is 3.58. The van der Waals surface area contributed by atoms with Gasteiger partial charge in [0.2, 0.25) is 0 Å². The topological polar surface area (TPSA) is 83.0 Å². The lowest BCUT2D eigenvalue weighted by Gasteiger charge is -2.22. The van der Waals surface area contributed by atoms with E-state index in [0.29, 0.717) is 17.5 Å². The summed E-state index contributed by atoms with van der Waals surface area (Å²) in [7, 11) is 1.67. The lowest BCUT2D eigenvalue weighted by atomic mass is 10.1. The average Bonchev–Trinajstić information content (AvgIpc) is 2.44. The molecule has 0 aliphatic carbocycles. The van der Waals surface area contributed by atoms with Crippen LogP contribution in [0, 0.1) is 23.2 Å². The van der Waals surface area contributed by atoms with Crippen molar-refractivity contribution in [3.05, 3.63) is 29.6 Å². The highest BCUT2D eigenvalue weighted by Gasteiger charge is 2.17. The van der Waals surface area contributed by atoms with Crippen LogP contribution in [0.3, 0.4) is 0 Å². The second-order valence-corrected chi connectivity index (χ2v) is 4.10. The summed E-state index contributed by atoms with van der Waals surface area (Å²) in [5.41, 5.74) is 6.40. The molecule has 0 aliphatic rings. The lowest BCUT2D eigenvalue weighted by molar-refractivity contribution is 0.0746. The van der Waals surface area contributed by atoms with Gasteiger partial charge in [0, 0.05) is 31.0 Å². The Balaban J connectivity index is 2.91. The third-order valence-electron chi connectivity index (χ3n) is 2.69. The standard InChI is InChI=1S/C14H16N4O/c1-11(5-7-16)18(2)14(19)13-8-12(4-3-6-15)9-17-10-13/h8-11H,5-6,15H2,1-2H3. The second kappa shape index (κ2) is 7.15. The van der Waals surface area contributed by atoms with Crippen molar-refractivity contribution < 1.29 is 4.79 Å². The molecule has 0 radical (unpaired) electrons. The van der Waals surface area contributed by atoms with Gasteiger partial charge in [0.15, 0.2) is 0 Å². The number of hydrogen-bond donors (Lipinski definition) is 1. The summed E-state index contributed by atoms with van der Waals surface area (Å²) in [5, 5.41) is 8.65. The van der Waals surface area contributed by atoms with Crippen LogP contribution in [-0.4, -0.2) is 35.4 Å². The minimum atomic E-state index is -0.174. The van der Waals surface area contributed by atoms with Crippen LogP contribution >= 0.6 is 0 Å². The maximum Gasteiger partial charge on any atom is 0.255 e. The normalized spacial score (nSPS) is 10.8. The Kier molecular flexibility index (Phi) is 5.53. The molecule has 0 aliphatic heterocycles. The first kappa shape index (κ1) is 14.7. The Morgan fingerprint density at radius 2 is 2.32 bits per heavy atom. The minimum absolute atomic E-state index is 0.142. The predicted octanol–water partition coefficient (Wildman–Crippen LogP) is 0.766. The molecule has 5 nitrogen and oxygen atoms in total. The molecular formula is C14H16N4O. The van der Waals surface area contributed by atoms with Crippen LogP contribution in [0.1, 0.15) is 29.3 Å².